The fraction of sp³-hybridized carbons (Fsp3) is 0.289. The Bertz CT molecular complexity index is 2020. The fourth-order valence-electron chi connectivity index (χ4n) is 6.14. The van der Waals surface area contributed by atoms with Gasteiger partial charge in [-0.05, 0) is 68.5 Å². The Morgan fingerprint density at radius 1 is 1.12 bits per heavy atom. The van der Waals surface area contributed by atoms with Gasteiger partial charge in [0.1, 0.15) is 17.4 Å². The Hall–Kier alpha value is -5.45. The van der Waals surface area contributed by atoms with Gasteiger partial charge in [-0.25, -0.2) is 18.6 Å². The van der Waals surface area contributed by atoms with Gasteiger partial charge in [0.05, 0.1) is 18.8 Å². The molecule has 1 aliphatic heterocycles. The fourth-order valence-corrected chi connectivity index (χ4v) is 6.14. The van der Waals surface area contributed by atoms with Crippen molar-refractivity contribution in [1.82, 2.24) is 19.9 Å². The van der Waals surface area contributed by atoms with Crippen LogP contribution >= 0.6 is 0 Å². The number of hydrogen-bond donors (Lipinski definition) is 2. The number of aryl methyl sites for hydroxylation is 1. The number of ether oxygens (including phenoxy) is 3. The SMILES string of the molecule is CCOC(=O)CCc1cccc(C2(C)CCCOC(=O)N(C)C/C=C/c3c(c(F)cc4[nH]ccc34)Oc3ccc(F)c(c3)-c3ncc2[nH]3)c1. The van der Waals surface area contributed by atoms with Crippen LogP contribution < -0.4 is 4.74 Å². The van der Waals surface area contributed by atoms with E-state index < -0.39 is 23.1 Å². The average Bonchev–Trinajstić information content (AvgIpc) is 3.78. The number of aromatic nitrogens is 3. The van der Waals surface area contributed by atoms with Gasteiger partial charge < -0.3 is 29.1 Å². The van der Waals surface area contributed by atoms with Crippen LogP contribution in [0, 0.1) is 11.6 Å². The maximum atomic E-state index is 15.5. The van der Waals surface area contributed by atoms with Crippen LogP contribution in [0.5, 0.6) is 11.5 Å². The minimum Gasteiger partial charge on any atom is -0.466 e. The van der Waals surface area contributed by atoms with Gasteiger partial charge in [-0.2, -0.15) is 0 Å². The van der Waals surface area contributed by atoms with Crippen LogP contribution in [0.4, 0.5) is 13.6 Å². The van der Waals surface area contributed by atoms with E-state index >= 15 is 8.78 Å². The van der Waals surface area contributed by atoms with Crippen molar-refractivity contribution >= 4 is 29.0 Å². The van der Waals surface area contributed by atoms with Crippen LogP contribution in [-0.4, -0.2) is 58.7 Å². The second-order valence-corrected chi connectivity index (χ2v) is 12.3. The van der Waals surface area contributed by atoms with Gasteiger partial charge in [-0.1, -0.05) is 36.4 Å². The molecule has 2 N–H and O–H groups in total. The Kier molecular flexibility index (Phi) is 9.80. The second kappa shape index (κ2) is 14.3. The zero-order chi connectivity index (χ0) is 34.5. The predicted molar refractivity (Wildman–Crippen MR) is 182 cm³/mol. The molecule has 4 bridgehead atoms. The Balaban J connectivity index is 1.41. The Labute approximate surface area is 282 Å². The number of esters is 1. The van der Waals surface area contributed by atoms with Crippen LogP contribution in [0.3, 0.4) is 0 Å². The monoisotopic (exact) mass is 668 g/mol. The highest BCUT2D eigenvalue weighted by Crippen LogP contribution is 2.39. The third-order valence-corrected chi connectivity index (χ3v) is 8.89. The molecule has 2 aromatic heterocycles. The van der Waals surface area contributed by atoms with Crippen molar-refractivity contribution < 1.29 is 32.6 Å². The molecule has 11 heteroatoms. The molecule has 1 amide bonds. The maximum absolute atomic E-state index is 15.5. The summed E-state index contributed by atoms with van der Waals surface area (Å²) < 4.78 is 47.8. The molecule has 5 aromatic rings. The zero-order valence-electron chi connectivity index (χ0n) is 27.6. The normalized spacial score (nSPS) is 17.7. The summed E-state index contributed by atoms with van der Waals surface area (Å²) in [6.45, 7) is 4.52. The van der Waals surface area contributed by atoms with E-state index in [4.69, 9.17) is 14.2 Å². The number of benzene rings is 3. The van der Waals surface area contributed by atoms with Gasteiger partial charge in [0.25, 0.3) is 0 Å². The van der Waals surface area contributed by atoms with Crippen LogP contribution in [0.2, 0.25) is 0 Å². The lowest BCUT2D eigenvalue weighted by Gasteiger charge is -2.30. The first kappa shape index (κ1) is 33.5. The average molecular weight is 669 g/mol. The minimum atomic E-state index is -0.663. The largest absolute Gasteiger partial charge is 0.466 e. The van der Waals surface area contributed by atoms with E-state index in [1.54, 1.807) is 38.5 Å². The number of nitrogens with zero attached hydrogens (tertiary/aromatic N) is 2. The first-order chi connectivity index (χ1) is 23.7. The molecule has 0 aliphatic carbocycles. The van der Waals surface area contributed by atoms with E-state index in [-0.39, 0.29) is 48.4 Å². The van der Waals surface area contributed by atoms with Gasteiger partial charge >= 0.3 is 12.1 Å². The lowest BCUT2D eigenvalue weighted by atomic mass is 9.75. The molecule has 0 radical (unpaired) electrons. The second-order valence-electron chi connectivity index (χ2n) is 12.3. The molecule has 3 aromatic carbocycles. The summed E-state index contributed by atoms with van der Waals surface area (Å²) in [5.41, 5.74) is 3.15. The van der Waals surface area contributed by atoms with E-state index in [1.807, 2.05) is 37.3 Å². The smallest absolute Gasteiger partial charge is 0.409 e. The summed E-state index contributed by atoms with van der Waals surface area (Å²) in [5, 5.41) is 0.714. The first-order valence-electron chi connectivity index (χ1n) is 16.3. The first-order valence-corrected chi connectivity index (χ1v) is 16.3. The number of aromatic amines is 2. The predicted octanol–water partition coefficient (Wildman–Crippen LogP) is 8.31. The summed E-state index contributed by atoms with van der Waals surface area (Å²) in [6, 6.07) is 15.3. The molecular weight excluding hydrogens is 630 g/mol. The van der Waals surface area contributed by atoms with Crippen molar-refractivity contribution in [1.29, 1.82) is 0 Å². The lowest BCUT2D eigenvalue weighted by Crippen LogP contribution is -2.29. The number of carbonyl (C=O) groups excluding carboxylic acids is 2. The highest BCUT2D eigenvalue weighted by Gasteiger charge is 2.32. The summed E-state index contributed by atoms with van der Waals surface area (Å²) >= 11 is 0. The number of imidazole rings is 1. The Morgan fingerprint density at radius 2 is 1.98 bits per heavy atom. The van der Waals surface area contributed by atoms with E-state index in [9.17, 15) is 9.59 Å². The van der Waals surface area contributed by atoms with Crippen molar-refractivity contribution in [3.8, 4) is 22.9 Å². The molecule has 254 valence electrons. The van der Waals surface area contributed by atoms with Crippen molar-refractivity contribution in [2.75, 3.05) is 26.8 Å². The molecule has 9 nitrogen and oxygen atoms in total. The highest BCUT2D eigenvalue weighted by atomic mass is 19.1. The molecule has 0 saturated heterocycles. The van der Waals surface area contributed by atoms with E-state index in [0.717, 1.165) is 11.1 Å². The molecule has 3 heterocycles. The number of H-pyrrole nitrogens is 2. The van der Waals surface area contributed by atoms with Gasteiger partial charge in [0.2, 0.25) is 0 Å². The van der Waals surface area contributed by atoms with Gasteiger partial charge in [0, 0.05) is 66.0 Å². The van der Waals surface area contributed by atoms with E-state index in [0.29, 0.717) is 48.0 Å². The summed E-state index contributed by atoms with van der Waals surface area (Å²) in [7, 11) is 1.63. The van der Waals surface area contributed by atoms with Crippen molar-refractivity contribution in [3.05, 3.63) is 107 Å². The van der Waals surface area contributed by atoms with Crippen LogP contribution in [0.15, 0.2) is 73.1 Å². The number of amides is 1. The standard InChI is InChI=1S/C38H38F2N4O5/c1-4-47-34(45)14-11-24-8-5-9-25(20-24)38(2)16-7-19-48-37(46)44(3)18-6-10-28-27-15-17-41-32(27)22-31(40)35(28)49-26-12-13-30(39)29(21-26)36-42-23-33(38)43-36/h5-6,8-10,12-13,15,17,20-23,41H,4,7,11,14,16,18-19H2,1-3H3,(H,42,43)/b10-6+. The molecule has 1 atom stereocenters. The number of hydrogen-bond acceptors (Lipinski definition) is 6. The van der Waals surface area contributed by atoms with Crippen LogP contribution in [0.25, 0.3) is 28.4 Å². The minimum absolute atomic E-state index is 0.0420. The molecule has 0 fully saturated rings. The van der Waals surface area contributed by atoms with Crippen LogP contribution in [-0.2, 0) is 26.1 Å². The quantitative estimate of drug-likeness (QED) is 0.182. The number of carbonyl (C=O) groups is 2. The summed E-state index contributed by atoms with van der Waals surface area (Å²) in [5.74, 6) is -0.954. The van der Waals surface area contributed by atoms with E-state index in [1.165, 1.54) is 29.2 Å². The van der Waals surface area contributed by atoms with E-state index in [2.05, 4.69) is 15.0 Å². The third kappa shape index (κ3) is 7.20. The van der Waals surface area contributed by atoms with Crippen molar-refractivity contribution in [2.45, 2.75) is 44.9 Å². The lowest BCUT2D eigenvalue weighted by molar-refractivity contribution is -0.143. The number of cyclic esters (lactones) is 1. The van der Waals surface area contributed by atoms with Gasteiger partial charge in [-0.15, -0.1) is 0 Å². The number of nitrogens with one attached hydrogen (secondary N) is 2. The van der Waals surface area contributed by atoms with Gasteiger partial charge in [-0.3, -0.25) is 4.79 Å². The molecule has 0 spiro atoms. The number of rotatable bonds is 5. The van der Waals surface area contributed by atoms with Crippen LogP contribution in [0.1, 0.15) is 55.5 Å². The Morgan fingerprint density at radius 3 is 2.82 bits per heavy atom. The number of fused-ring (bicyclic) bond motifs is 8. The molecule has 0 saturated carbocycles. The highest BCUT2D eigenvalue weighted by molar-refractivity contribution is 5.91. The summed E-state index contributed by atoms with van der Waals surface area (Å²) in [6.07, 6.45) is 8.14. The van der Waals surface area contributed by atoms with Crippen molar-refractivity contribution in [2.24, 2.45) is 0 Å². The topological polar surface area (TPSA) is 110 Å². The molecule has 1 aliphatic rings. The third-order valence-electron chi connectivity index (χ3n) is 8.89. The zero-order valence-corrected chi connectivity index (χ0v) is 27.6. The molecule has 1 unspecified atom stereocenters. The molecule has 49 heavy (non-hydrogen) atoms. The summed E-state index contributed by atoms with van der Waals surface area (Å²) in [4.78, 5) is 37.3. The van der Waals surface area contributed by atoms with Gasteiger partial charge in [0.15, 0.2) is 11.6 Å². The number of likely N-dealkylation sites (N-methyl/N-ethyl adjacent to an activating group) is 1. The van der Waals surface area contributed by atoms with Crippen molar-refractivity contribution in [3.63, 3.8) is 0 Å². The molecular formula is C38H38F2N4O5. The molecule has 6 rings (SSSR count). The maximum Gasteiger partial charge on any atom is 0.409 e. The number of halogens is 2.